The Labute approximate surface area is 111 Å². The van der Waals surface area contributed by atoms with Crippen LogP contribution in [-0.2, 0) is 12.7 Å². The third-order valence-corrected chi connectivity index (χ3v) is 2.87. The molecule has 0 amide bonds. The van der Waals surface area contributed by atoms with E-state index < -0.39 is 11.7 Å². The third kappa shape index (κ3) is 5.11. The van der Waals surface area contributed by atoms with E-state index in [0.717, 1.165) is 31.7 Å². The maximum absolute atomic E-state index is 12.7. The van der Waals surface area contributed by atoms with E-state index in [4.69, 9.17) is 10.5 Å². The van der Waals surface area contributed by atoms with Crippen molar-refractivity contribution in [2.45, 2.75) is 45.3 Å². The van der Waals surface area contributed by atoms with Crippen molar-refractivity contribution in [1.82, 2.24) is 0 Å². The smallest absolute Gasteiger partial charge is 0.416 e. The number of nitrogens with two attached hydrogens (primary N) is 1. The number of rotatable bonds is 7. The molecule has 0 aliphatic carbocycles. The standard InChI is InChI=1S/C14H20F3NO/c1-2-3-4-5-8-19-12-6-7-13(14(15,16)17)11(9-12)10-18/h6-7,9H,2-5,8,10,18H2,1H3. The summed E-state index contributed by atoms with van der Waals surface area (Å²) >= 11 is 0. The van der Waals surface area contributed by atoms with Crippen molar-refractivity contribution >= 4 is 0 Å². The Morgan fingerprint density at radius 2 is 1.89 bits per heavy atom. The molecule has 2 nitrogen and oxygen atoms in total. The number of hydrogen-bond donors (Lipinski definition) is 1. The van der Waals surface area contributed by atoms with E-state index in [1.54, 1.807) is 0 Å². The molecule has 0 spiro atoms. The Bertz CT molecular complexity index is 391. The van der Waals surface area contributed by atoms with Crippen LogP contribution in [0.2, 0.25) is 0 Å². The fourth-order valence-electron chi connectivity index (χ4n) is 1.82. The van der Waals surface area contributed by atoms with E-state index in [9.17, 15) is 13.2 Å². The number of benzene rings is 1. The molecule has 0 fully saturated rings. The first-order valence-electron chi connectivity index (χ1n) is 6.52. The normalized spacial score (nSPS) is 11.6. The Morgan fingerprint density at radius 3 is 2.47 bits per heavy atom. The molecule has 1 rings (SSSR count). The maximum atomic E-state index is 12.7. The highest BCUT2D eigenvalue weighted by molar-refractivity contribution is 5.37. The van der Waals surface area contributed by atoms with Crippen molar-refractivity contribution < 1.29 is 17.9 Å². The van der Waals surface area contributed by atoms with Crippen LogP contribution < -0.4 is 10.5 Å². The van der Waals surface area contributed by atoms with E-state index in [-0.39, 0.29) is 12.1 Å². The first-order chi connectivity index (χ1) is 8.99. The lowest BCUT2D eigenvalue weighted by molar-refractivity contribution is -0.138. The van der Waals surface area contributed by atoms with E-state index in [2.05, 4.69) is 6.92 Å². The second kappa shape index (κ2) is 7.38. The van der Waals surface area contributed by atoms with Crippen molar-refractivity contribution in [1.29, 1.82) is 0 Å². The average molecular weight is 275 g/mol. The summed E-state index contributed by atoms with van der Waals surface area (Å²) in [7, 11) is 0. The molecule has 0 aromatic heterocycles. The van der Waals surface area contributed by atoms with Crippen molar-refractivity contribution in [2.75, 3.05) is 6.61 Å². The molecule has 0 radical (unpaired) electrons. The second-order valence-corrected chi connectivity index (χ2v) is 4.43. The molecule has 0 aliphatic heterocycles. The Kier molecular flexibility index (Phi) is 6.15. The molecule has 0 saturated carbocycles. The zero-order valence-corrected chi connectivity index (χ0v) is 11.1. The predicted octanol–water partition coefficient (Wildman–Crippen LogP) is 4.12. The van der Waals surface area contributed by atoms with Crippen LogP contribution in [0.15, 0.2) is 18.2 Å². The largest absolute Gasteiger partial charge is 0.494 e. The van der Waals surface area contributed by atoms with Crippen molar-refractivity contribution in [2.24, 2.45) is 5.73 Å². The predicted molar refractivity (Wildman–Crippen MR) is 69.0 cm³/mol. The summed E-state index contributed by atoms with van der Waals surface area (Å²) in [5.41, 5.74) is 4.74. The highest BCUT2D eigenvalue weighted by Crippen LogP contribution is 2.33. The zero-order valence-electron chi connectivity index (χ0n) is 11.1. The molecule has 0 saturated heterocycles. The van der Waals surface area contributed by atoms with Crippen LogP contribution in [0.3, 0.4) is 0 Å². The summed E-state index contributed by atoms with van der Waals surface area (Å²) in [6.07, 6.45) is -0.107. The summed E-state index contributed by atoms with van der Waals surface area (Å²) in [4.78, 5) is 0. The van der Waals surface area contributed by atoms with Crippen molar-refractivity contribution in [3.63, 3.8) is 0 Å². The monoisotopic (exact) mass is 275 g/mol. The zero-order chi connectivity index (χ0) is 14.3. The van der Waals surface area contributed by atoms with Gasteiger partial charge in [0.05, 0.1) is 12.2 Å². The summed E-state index contributed by atoms with van der Waals surface area (Å²) in [6.45, 7) is 2.49. The van der Waals surface area contributed by atoms with Gasteiger partial charge in [0.1, 0.15) is 5.75 Å². The molecule has 2 N–H and O–H groups in total. The van der Waals surface area contributed by atoms with E-state index in [0.29, 0.717) is 12.4 Å². The number of alkyl halides is 3. The van der Waals surface area contributed by atoms with Crippen LogP contribution in [0.4, 0.5) is 13.2 Å². The summed E-state index contributed by atoms with van der Waals surface area (Å²) < 4.78 is 43.4. The van der Waals surface area contributed by atoms with Gasteiger partial charge < -0.3 is 10.5 Å². The fourth-order valence-corrected chi connectivity index (χ4v) is 1.82. The van der Waals surface area contributed by atoms with Gasteiger partial charge in [-0.25, -0.2) is 0 Å². The van der Waals surface area contributed by atoms with Crippen molar-refractivity contribution in [3.05, 3.63) is 29.3 Å². The Balaban J connectivity index is 2.62. The molecule has 19 heavy (non-hydrogen) atoms. The van der Waals surface area contributed by atoms with Gasteiger partial charge in [0, 0.05) is 6.54 Å². The number of hydrogen-bond acceptors (Lipinski definition) is 2. The second-order valence-electron chi connectivity index (χ2n) is 4.43. The minimum Gasteiger partial charge on any atom is -0.494 e. The van der Waals surface area contributed by atoms with E-state index >= 15 is 0 Å². The van der Waals surface area contributed by atoms with Gasteiger partial charge in [-0.05, 0) is 30.2 Å². The number of halogens is 3. The minimum atomic E-state index is -4.37. The van der Waals surface area contributed by atoms with Crippen LogP contribution in [0.5, 0.6) is 5.75 Å². The highest BCUT2D eigenvalue weighted by atomic mass is 19.4. The molecule has 0 atom stereocenters. The lowest BCUT2D eigenvalue weighted by Gasteiger charge is -2.13. The number of unbranched alkanes of at least 4 members (excludes halogenated alkanes) is 3. The lowest BCUT2D eigenvalue weighted by Crippen LogP contribution is -2.12. The van der Waals surface area contributed by atoms with Crippen LogP contribution in [0.25, 0.3) is 0 Å². The molecule has 1 aromatic rings. The molecule has 0 aliphatic rings. The van der Waals surface area contributed by atoms with Gasteiger partial charge in [-0.15, -0.1) is 0 Å². The quantitative estimate of drug-likeness (QED) is 0.760. The molecule has 1 aromatic carbocycles. The number of ether oxygens (including phenoxy) is 1. The molecule has 108 valence electrons. The third-order valence-electron chi connectivity index (χ3n) is 2.87. The van der Waals surface area contributed by atoms with Gasteiger partial charge in [-0.2, -0.15) is 13.2 Å². The average Bonchev–Trinajstić information content (AvgIpc) is 2.37. The van der Waals surface area contributed by atoms with Gasteiger partial charge in [0.2, 0.25) is 0 Å². The van der Waals surface area contributed by atoms with E-state index in [1.807, 2.05) is 0 Å². The molecular weight excluding hydrogens is 255 g/mol. The minimum absolute atomic E-state index is 0.0681. The van der Waals surface area contributed by atoms with Crippen LogP contribution in [0, 0.1) is 0 Å². The first-order valence-corrected chi connectivity index (χ1v) is 6.52. The molecule has 5 heteroatoms. The molecule has 0 unspecified atom stereocenters. The van der Waals surface area contributed by atoms with Gasteiger partial charge in [-0.3, -0.25) is 0 Å². The SMILES string of the molecule is CCCCCCOc1ccc(C(F)(F)F)c(CN)c1. The Morgan fingerprint density at radius 1 is 1.16 bits per heavy atom. The van der Waals surface area contributed by atoms with Gasteiger partial charge in [0.15, 0.2) is 0 Å². The van der Waals surface area contributed by atoms with Crippen LogP contribution in [0.1, 0.15) is 43.7 Å². The van der Waals surface area contributed by atoms with Crippen LogP contribution in [-0.4, -0.2) is 6.61 Å². The molecule has 0 heterocycles. The molecule has 0 bridgehead atoms. The van der Waals surface area contributed by atoms with E-state index in [1.165, 1.54) is 12.1 Å². The fraction of sp³-hybridized carbons (Fsp3) is 0.571. The topological polar surface area (TPSA) is 35.2 Å². The summed E-state index contributed by atoms with van der Waals surface area (Å²) in [6, 6.07) is 3.76. The van der Waals surface area contributed by atoms with Gasteiger partial charge in [0.25, 0.3) is 0 Å². The van der Waals surface area contributed by atoms with Crippen LogP contribution >= 0.6 is 0 Å². The summed E-state index contributed by atoms with van der Waals surface area (Å²) in [5, 5.41) is 0. The maximum Gasteiger partial charge on any atom is 0.416 e. The van der Waals surface area contributed by atoms with Gasteiger partial charge in [-0.1, -0.05) is 26.2 Å². The molecular formula is C14H20F3NO. The van der Waals surface area contributed by atoms with Gasteiger partial charge >= 0.3 is 6.18 Å². The lowest BCUT2D eigenvalue weighted by atomic mass is 10.1. The highest BCUT2D eigenvalue weighted by Gasteiger charge is 2.32. The summed E-state index contributed by atoms with van der Waals surface area (Å²) in [5.74, 6) is 0.449. The van der Waals surface area contributed by atoms with Crippen molar-refractivity contribution in [3.8, 4) is 5.75 Å². The Hall–Kier alpha value is -1.23. The first kappa shape index (κ1) is 15.8.